The largest absolute Gasteiger partial charge is 0.493 e. The van der Waals surface area contributed by atoms with Gasteiger partial charge >= 0.3 is 0 Å². The van der Waals surface area contributed by atoms with Gasteiger partial charge in [0.15, 0.2) is 23.0 Å². The molecule has 0 aliphatic rings. The Bertz CT molecular complexity index is 1070. The summed E-state index contributed by atoms with van der Waals surface area (Å²) in [4.78, 5) is 23.3. The maximum absolute atomic E-state index is 12.5. The Kier molecular flexibility index (Phi) is 8.42. The van der Waals surface area contributed by atoms with Crippen LogP contribution in [0.4, 0.5) is 5.69 Å². The summed E-state index contributed by atoms with van der Waals surface area (Å²) < 4.78 is 20.7. The summed E-state index contributed by atoms with van der Waals surface area (Å²) in [6.07, 6.45) is 1.62. The van der Waals surface area contributed by atoms with Crippen LogP contribution in [0.15, 0.2) is 35.9 Å². The van der Waals surface area contributed by atoms with Gasteiger partial charge in [0, 0.05) is 6.54 Å². The van der Waals surface area contributed by atoms with E-state index in [1.807, 2.05) is 6.07 Å². The van der Waals surface area contributed by atoms with Crippen LogP contribution in [0.3, 0.4) is 0 Å². The minimum Gasteiger partial charge on any atom is -0.493 e. The van der Waals surface area contributed by atoms with Crippen molar-refractivity contribution in [2.75, 3.05) is 35.0 Å². The number of rotatable bonds is 10. The van der Waals surface area contributed by atoms with Gasteiger partial charge < -0.3 is 24.3 Å². The molecule has 2 aromatic rings. The van der Waals surface area contributed by atoms with Crippen LogP contribution >= 0.6 is 0 Å². The second-order valence-corrected chi connectivity index (χ2v) is 6.39. The molecule has 10 nitrogen and oxygen atoms in total. The number of nitro benzene ring substituents is 1. The van der Waals surface area contributed by atoms with E-state index in [1.165, 1.54) is 40.6 Å². The lowest BCUT2D eigenvalue weighted by Gasteiger charge is -2.10. The first kappa shape index (κ1) is 24.0. The highest BCUT2D eigenvalue weighted by atomic mass is 16.6. The van der Waals surface area contributed by atoms with Crippen LogP contribution in [0.1, 0.15) is 11.1 Å². The second kappa shape index (κ2) is 11.2. The normalized spacial score (nSPS) is 10.7. The molecule has 0 bridgehead atoms. The van der Waals surface area contributed by atoms with Crippen LogP contribution < -0.4 is 24.3 Å². The van der Waals surface area contributed by atoms with Crippen LogP contribution in [-0.2, 0) is 11.2 Å². The number of nitriles is 1. The topological polar surface area (TPSA) is 133 Å². The molecule has 0 aliphatic carbocycles. The quantitative estimate of drug-likeness (QED) is 0.258. The van der Waals surface area contributed by atoms with E-state index in [1.54, 1.807) is 18.2 Å². The third kappa shape index (κ3) is 5.66. The molecule has 0 atom stereocenters. The number of nitrogens with zero attached hydrogens (tertiary/aromatic N) is 2. The molecular weight excluding hydrogens is 418 g/mol. The van der Waals surface area contributed by atoms with Crippen molar-refractivity contribution >= 4 is 17.7 Å². The smallest absolute Gasteiger partial charge is 0.280 e. The standard InChI is InChI=1S/C22H23N3O7/c1-29-18-6-5-14(9-19(18)30-2)7-8-24-22(26)16(13-23)10-15-11-20(31-3)21(32-4)12-17(15)25(27)28/h5-6,9-12H,7-8H2,1-4H3,(H,24,26)/b16-10-. The van der Waals surface area contributed by atoms with E-state index in [4.69, 9.17) is 18.9 Å². The summed E-state index contributed by atoms with van der Waals surface area (Å²) in [7, 11) is 5.80. The highest BCUT2D eigenvalue weighted by Crippen LogP contribution is 2.35. The third-order valence-corrected chi connectivity index (χ3v) is 4.54. The molecule has 0 saturated heterocycles. The Morgan fingerprint density at radius 2 is 1.62 bits per heavy atom. The molecule has 2 aromatic carbocycles. The number of nitrogens with one attached hydrogen (secondary N) is 1. The number of ether oxygens (including phenoxy) is 4. The molecule has 0 spiro atoms. The summed E-state index contributed by atoms with van der Waals surface area (Å²) in [5.74, 6) is 0.892. The highest BCUT2D eigenvalue weighted by molar-refractivity contribution is 6.02. The van der Waals surface area contributed by atoms with Crippen LogP contribution in [0, 0.1) is 21.4 Å². The first-order valence-electron chi connectivity index (χ1n) is 9.39. The number of hydrogen-bond acceptors (Lipinski definition) is 8. The second-order valence-electron chi connectivity index (χ2n) is 6.39. The lowest BCUT2D eigenvalue weighted by Crippen LogP contribution is -2.26. The molecule has 0 saturated carbocycles. The zero-order valence-electron chi connectivity index (χ0n) is 18.1. The van der Waals surface area contributed by atoms with Gasteiger partial charge in [-0.15, -0.1) is 0 Å². The summed E-state index contributed by atoms with van der Waals surface area (Å²) in [5.41, 5.74) is 0.321. The first-order valence-corrected chi connectivity index (χ1v) is 9.39. The van der Waals surface area contributed by atoms with Gasteiger partial charge in [0.1, 0.15) is 11.6 Å². The van der Waals surface area contributed by atoms with Gasteiger partial charge in [0.25, 0.3) is 11.6 Å². The lowest BCUT2D eigenvalue weighted by molar-refractivity contribution is -0.385. The van der Waals surface area contributed by atoms with Crippen LogP contribution in [0.2, 0.25) is 0 Å². The molecule has 10 heteroatoms. The Hall–Kier alpha value is -4.26. The summed E-state index contributed by atoms with van der Waals surface area (Å²) in [6, 6.07) is 9.68. The fourth-order valence-corrected chi connectivity index (χ4v) is 2.91. The van der Waals surface area contributed by atoms with Gasteiger partial charge in [-0.05, 0) is 36.3 Å². The molecular formula is C22H23N3O7. The molecule has 1 amide bonds. The molecule has 0 aromatic heterocycles. The third-order valence-electron chi connectivity index (χ3n) is 4.54. The number of carbonyl (C=O) groups excluding carboxylic acids is 1. The molecule has 1 N–H and O–H groups in total. The maximum Gasteiger partial charge on any atom is 0.280 e. The van der Waals surface area contributed by atoms with Crippen LogP contribution in [0.5, 0.6) is 23.0 Å². The highest BCUT2D eigenvalue weighted by Gasteiger charge is 2.20. The van der Waals surface area contributed by atoms with Crippen molar-refractivity contribution < 1.29 is 28.7 Å². The molecule has 168 valence electrons. The van der Waals surface area contributed by atoms with Crippen molar-refractivity contribution in [3.63, 3.8) is 0 Å². The number of methoxy groups -OCH3 is 4. The summed E-state index contributed by atoms with van der Waals surface area (Å²) in [5, 5.41) is 23.5. The van der Waals surface area contributed by atoms with Gasteiger partial charge in [0.05, 0.1) is 45.0 Å². The molecule has 0 unspecified atom stereocenters. The Balaban J connectivity index is 2.19. The molecule has 2 rings (SSSR count). The fourth-order valence-electron chi connectivity index (χ4n) is 2.91. The molecule has 0 aliphatic heterocycles. The lowest BCUT2D eigenvalue weighted by atomic mass is 10.1. The van der Waals surface area contributed by atoms with Gasteiger partial charge in [-0.25, -0.2) is 0 Å². The SMILES string of the molecule is COc1ccc(CCNC(=O)/C(C#N)=C\c2cc(OC)c(OC)cc2[N+](=O)[O-])cc1OC. The number of nitro groups is 1. The summed E-state index contributed by atoms with van der Waals surface area (Å²) >= 11 is 0. The average Bonchev–Trinajstić information content (AvgIpc) is 2.81. The van der Waals surface area contributed by atoms with Gasteiger partial charge in [-0.1, -0.05) is 6.07 Å². The Labute approximate surface area is 185 Å². The molecule has 0 radical (unpaired) electrons. The van der Waals surface area contributed by atoms with E-state index >= 15 is 0 Å². The molecule has 0 fully saturated rings. The zero-order chi connectivity index (χ0) is 23.7. The van der Waals surface area contributed by atoms with Crippen molar-refractivity contribution in [2.45, 2.75) is 6.42 Å². The minimum absolute atomic E-state index is 0.0410. The van der Waals surface area contributed by atoms with Crippen LogP contribution in [-0.4, -0.2) is 45.8 Å². The first-order chi connectivity index (χ1) is 15.4. The molecule has 32 heavy (non-hydrogen) atoms. The number of benzene rings is 2. The molecule has 0 heterocycles. The Morgan fingerprint density at radius 3 is 2.19 bits per heavy atom. The predicted octanol–water partition coefficient (Wildman–Crippen LogP) is 2.90. The van der Waals surface area contributed by atoms with Crippen molar-refractivity contribution in [1.29, 1.82) is 5.26 Å². The van der Waals surface area contributed by atoms with E-state index in [9.17, 15) is 20.2 Å². The van der Waals surface area contributed by atoms with E-state index < -0.39 is 10.8 Å². The summed E-state index contributed by atoms with van der Waals surface area (Å²) in [6.45, 7) is 0.237. The predicted molar refractivity (Wildman–Crippen MR) is 116 cm³/mol. The number of amides is 1. The number of hydrogen-bond donors (Lipinski definition) is 1. The minimum atomic E-state index is -0.656. The fraction of sp³-hybridized carbons (Fsp3) is 0.273. The van der Waals surface area contributed by atoms with Crippen molar-refractivity contribution in [3.8, 4) is 29.1 Å². The van der Waals surface area contributed by atoms with Gasteiger partial charge in [-0.3, -0.25) is 14.9 Å². The van der Waals surface area contributed by atoms with Gasteiger partial charge in [-0.2, -0.15) is 5.26 Å². The maximum atomic E-state index is 12.5. The van der Waals surface area contributed by atoms with Gasteiger partial charge in [0.2, 0.25) is 0 Å². The van der Waals surface area contributed by atoms with E-state index in [0.29, 0.717) is 17.9 Å². The van der Waals surface area contributed by atoms with Crippen molar-refractivity contribution in [1.82, 2.24) is 5.32 Å². The van der Waals surface area contributed by atoms with Crippen molar-refractivity contribution in [3.05, 3.63) is 57.1 Å². The van der Waals surface area contributed by atoms with Crippen molar-refractivity contribution in [2.24, 2.45) is 0 Å². The van der Waals surface area contributed by atoms with E-state index in [-0.39, 0.29) is 34.9 Å². The average molecular weight is 441 g/mol. The van der Waals surface area contributed by atoms with Crippen LogP contribution in [0.25, 0.3) is 6.08 Å². The number of carbonyl (C=O) groups is 1. The zero-order valence-corrected chi connectivity index (χ0v) is 18.1. The Morgan fingerprint density at radius 1 is 1.03 bits per heavy atom. The van der Waals surface area contributed by atoms with E-state index in [2.05, 4.69) is 5.32 Å². The van der Waals surface area contributed by atoms with E-state index in [0.717, 1.165) is 11.6 Å². The monoisotopic (exact) mass is 441 g/mol.